The summed E-state index contributed by atoms with van der Waals surface area (Å²) in [6.45, 7) is 1.42. The van der Waals surface area contributed by atoms with E-state index in [1.54, 1.807) is 22.9 Å². The molecule has 4 aromatic rings. The smallest absolute Gasteiger partial charge is 0.339 e. The number of thiophene rings is 1. The number of hydrogen-bond acceptors (Lipinski definition) is 3. The molecule has 0 aliphatic heterocycles. The van der Waals surface area contributed by atoms with Gasteiger partial charge in [0.1, 0.15) is 10.6 Å². The predicted molar refractivity (Wildman–Crippen MR) is 107 cm³/mol. The SMILES string of the molecule is Cc1ccc(-c2csc(NC(=O)c3cc4ccccn4c3)c2C(=O)O)c(F)c1F. The number of carbonyl (C=O) groups is 2. The maximum atomic E-state index is 14.4. The number of aryl methyl sites for hydroxylation is 1. The van der Waals surface area contributed by atoms with Crippen LogP contribution in [0.3, 0.4) is 0 Å². The first kappa shape index (κ1) is 18.8. The number of fused-ring (bicyclic) bond motifs is 1. The van der Waals surface area contributed by atoms with Crippen LogP contribution in [0.1, 0.15) is 26.3 Å². The number of carbonyl (C=O) groups excluding carboxylic acids is 1. The van der Waals surface area contributed by atoms with Gasteiger partial charge in [-0.25, -0.2) is 13.6 Å². The van der Waals surface area contributed by atoms with Crippen molar-refractivity contribution in [1.29, 1.82) is 0 Å². The summed E-state index contributed by atoms with van der Waals surface area (Å²) in [5.74, 6) is -4.00. The fourth-order valence-electron chi connectivity index (χ4n) is 3.07. The van der Waals surface area contributed by atoms with Gasteiger partial charge in [0.25, 0.3) is 5.91 Å². The summed E-state index contributed by atoms with van der Waals surface area (Å²) in [6, 6.07) is 9.85. The molecule has 146 valence electrons. The quantitative estimate of drug-likeness (QED) is 0.484. The highest BCUT2D eigenvalue weighted by Crippen LogP contribution is 2.38. The lowest BCUT2D eigenvalue weighted by molar-refractivity contribution is 0.0699. The van der Waals surface area contributed by atoms with E-state index >= 15 is 0 Å². The summed E-state index contributed by atoms with van der Waals surface area (Å²) in [5, 5.41) is 13.7. The lowest BCUT2D eigenvalue weighted by atomic mass is 10.0. The number of nitrogens with zero attached hydrogens (tertiary/aromatic N) is 1. The summed E-state index contributed by atoms with van der Waals surface area (Å²) in [5.41, 5.74) is 0.824. The zero-order chi connectivity index (χ0) is 20.7. The van der Waals surface area contributed by atoms with Gasteiger partial charge in [-0.05, 0) is 30.7 Å². The predicted octanol–water partition coefficient (Wildman–Crippen LogP) is 5.20. The molecule has 29 heavy (non-hydrogen) atoms. The minimum absolute atomic E-state index is 0.0104. The number of anilines is 1. The second-order valence-electron chi connectivity index (χ2n) is 6.43. The molecule has 0 saturated carbocycles. The van der Waals surface area contributed by atoms with Crippen molar-refractivity contribution >= 4 is 33.7 Å². The van der Waals surface area contributed by atoms with Crippen molar-refractivity contribution in [2.24, 2.45) is 0 Å². The number of carboxylic acids is 1. The molecule has 0 saturated heterocycles. The summed E-state index contributed by atoms with van der Waals surface area (Å²) < 4.78 is 30.1. The van der Waals surface area contributed by atoms with Crippen LogP contribution < -0.4 is 5.32 Å². The van der Waals surface area contributed by atoms with Crippen LogP contribution in [-0.2, 0) is 0 Å². The number of aromatic nitrogens is 1. The number of aromatic carboxylic acids is 1. The fourth-order valence-corrected chi connectivity index (χ4v) is 4.02. The van der Waals surface area contributed by atoms with E-state index in [2.05, 4.69) is 5.32 Å². The molecule has 2 N–H and O–H groups in total. The van der Waals surface area contributed by atoms with Crippen LogP contribution in [0.15, 0.2) is 54.2 Å². The third-order valence-electron chi connectivity index (χ3n) is 4.56. The molecule has 0 unspecified atom stereocenters. The zero-order valence-corrected chi connectivity index (χ0v) is 15.9. The molecule has 8 heteroatoms. The van der Waals surface area contributed by atoms with Gasteiger partial charge in [0, 0.05) is 34.4 Å². The van der Waals surface area contributed by atoms with E-state index in [0.29, 0.717) is 5.56 Å². The molecule has 0 atom stereocenters. The molecule has 0 bridgehead atoms. The Morgan fingerprint density at radius 2 is 1.90 bits per heavy atom. The van der Waals surface area contributed by atoms with Crippen LogP contribution >= 0.6 is 11.3 Å². The second kappa shape index (κ2) is 7.14. The summed E-state index contributed by atoms with van der Waals surface area (Å²) in [4.78, 5) is 24.5. The van der Waals surface area contributed by atoms with Crippen molar-refractivity contribution in [2.75, 3.05) is 5.32 Å². The maximum Gasteiger partial charge on any atom is 0.339 e. The number of nitrogens with one attached hydrogen (secondary N) is 1. The Labute approximate surface area is 167 Å². The third-order valence-corrected chi connectivity index (χ3v) is 5.46. The van der Waals surface area contributed by atoms with Crippen LogP contribution in [0.2, 0.25) is 0 Å². The van der Waals surface area contributed by atoms with Gasteiger partial charge < -0.3 is 14.8 Å². The lowest BCUT2D eigenvalue weighted by Gasteiger charge is -2.07. The number of halogens is 2. The van der Waals surface area contributed by atoms with Crippen molar-refractivity contribution in [2.45, 2.75) is 6.92 Å². The Kier molecular flexibility index (Phi) is 4.63. The molecule has 0 fully saturated rings. The highest BCUT2D eigenvalue weighted by Gasteiger charge is 2.25. The van der Waals surface area contributed by atoms with Crippen LogP contribution in [0.25, 0.3) is 16.6 Å². The molecule has 0 radical (unpaired) electrons. The van der Waals surface area contributed by atoms with Crippen LogP contribution in [0.5, 0.6) is 0 Å². The number of carboxylic acid groups (broad SMARTS) is 1. The molecule has 0 aliphatic carbocycles. The van der Waals surface area contributed by atoms with E-state index in [-0.39, 0.29) is 27.3 Å². The Morgan fingerprint density at radius 1 is 1.10 bits per heavy atom. The molecule has 0 spiro atoms. The zero-order valence-electron chi connectivity index (χ0n) is 15.1. The number of hydrogen-bond donors (Lipinski definition) is 2. The lowest BCUT2D eigenvalue weighted by Crippen LogP contribution is -2.13. The number of pyridine rings is 1. The highest BCUT2D eigenvalue weighted by molar-refractivity contribution is 7.15. The van der Waals surface area contributed by atoms with Crippen molar-refractivity contribution in [3.05, 3.63) is 82.5 Å². The van der Waals surface area contributed by atoms with Gasteiger partial charge >= 0.3 is 5.97 Å². The fraction of sp³-hybridized carbons (Fsp3) is 0.0476. The van der Waals surface area contributed by atoms with E-state index in [9.17, 15) is 23.5 Å². The van der Waals surface area contributed by atoms with Crippen molar-refractivity contribution < 1.29 is 23.5 Å². The molecule has 0 aliphatic rings. The molecule has 3 aromatic heterocycles. The first-order valence-corrected chi connectivity index (χ1v) is 9.42. The van der Waals surface area contributed by atoms with Crippen molar-refractivity contribution in [1.82, 2.24) is 4.40 Å². The normalized spacial score (nSPS) is 11.0. The van der Waals surface area contributed by atoms with Gasteiger partial charge in [0.05, 0.1) is 5.56 Å². The maximum absolute atomic E-state index is 14.4. The molecular formula is C21H14F2N2O3S. The van der Waals surface area contributed by atoms with Crippen LogP contribution in [0, 0.1) is 18.6 Å². The van der Waals surface area contributed by atoms with Crippen molar-refractivity contribution in [3.63, 3.8) is 0 Å². The van der Waals surface area contributed by atoms with Gasteiger partial charge in [-0.2, -0.15) is 0 Å². The second-order valence-corrected chi connectivity index (χ2v) is 7.31. The first-order chi connectivity index (χ1) is 13.9. The van der Waals surface area contributed by atoms with Crippen molar-refractivity contribution in [3.8, 4) is 11.1 Å². The van der Waals surface area contributed by atoms with Gasteiger partial charge in [-0.15, -0.1) is 11.3 Å². The van der Waals surface area contributed by atoms with Gasteiger partial charge in [-0.3, -0.25) is 4.79 Å². The molecular weight excluding hydrogens is 398 g/mol. The standard InChI is InChI=1S/C21H14F2N2O3S/c1-11-5-6-14(18(23)17(11)22)15-10-29-20(16(15)21(27)28)24-19(26)12-8-13-4-2-3-7-25(13)9-12/h2-10H,1H3,(H,24,26)(H,27,28). The molecule has 1 amide bonds. The Bertz CT molecular complexity index is 1240. The first-order valence-electron chi connectivity index (χ1n) is 8.54. The van der Waals surface area contributed by atoms with E-state index in [1.165, 1.54) is 24.4 Å². The topological polar surface area (TPSA) is 70.8 Å². The minimum atomic E-state index is -1.35. The number of benzene rings is 1. The number of rotatable bonds is 4. The van der Waals surface area contributed by atoms with E-state index < -0.39 is 23.5 Å². The Balaban J connectivity index is 1.73. The van der Waals surface area contributed by atoms with Crippen LogP contribution in [-0.4, -0.2) is 21.4 Å². The monoisotopic (exact) mass is 412 g/mol. The Morgan fingerprint density at radius 3 is 2.62 bits per heavy atom. The summed E-state index contributed by atoms with van der Waals surface area (Å²) >= 11 is 0.939. The largest absolute Gasteiger partial charge is 0.478 e. The molecule has 5 nitrogen and oxygen atoms in total. The van der Waals surface area contributed by atoms with Crippen LogP contribution in [0.4, 0.5) is 13.8 Å². The highest BCUT2D eigenvalue weighted by atomic mass is 32.1. The molecule has 3 heterocycles. The Hall–Kier alpha value is -3.52. The van der Waals surface area contributed by atoms with Gasteiger partial charge in [0.2, 0.25) is 0 Å². The summed E-state index contributed by atoms with van der Waals surface area (Å²) in [6.07, 6.45) is 3.40. The van der Waals surface area contributed by atoms with Gasteiger partial charge in [-0.1, -0.05) is 18.2 Å². The van der Waals surface area contributed by atoms with E-state index in [0.717, 1.165) is 16.9 Å². The number of amides is 1. The summed E-state index contributed by atoms with van der Waals surface area (Å²) in [7, 11) is 0. The molecule has 1 aromatic carbocycles. The third kappa shape index (κ3) is 3.27. The van der Waals surface area contributed by atoms with E-state index in [1.807, 2.05) is 18.2 Å². The average molecular weight is 412 g/mol. The average Bonchev–Trinajstić information content (AvgIpc) is 3.30. The minimum Gasteiger partial charge on any atom is -0.478 e. The molecule has 4 rings (SSSR count). The van der Waals surface area contributed by atoms with Gasteiger partial charge in [0.15, 0.2) is 11.6 Å². The van der Waals surface area contributed by atoms with E-state index in [4.69, 9.17) is 0 Å².